The maximum Gasteiger partial charge on any atom is 0.416 e. The van der Waals surface area contributed by atoms with Crippen molar-refractivity contribution in [3.63, 3.8) is 0 Å². The lowest BCUT2D eigenvalue weighted by atomic mass is 9.95. The quantitative estimate of drug-likeness (QED) is 0.551. The van der Waals surface area contributed by atoms with E-state index in [1.165, 1.54) is 23.5 Å². The van der Waals surface area contributed by atoms with E-state index >= 15 is 0 Å². The van der Waals surface area contributed by atoms with Gasteiger partial charge in [-0.25, -0.2) is 9.97 Å². The molecule has 2 amide bonds. The second-order valence-electron chi connectivity index (χ2n) is 8.26. The van der Waals surface area contributed by atoms with Crippen molar-refractivity contribution in [3.05, 3.63) is 64.8 Å². The Balaban J connectivity index is 1.29. The first-order valence-corrected chi connectivity index (χ1v) is 11.7. The number of anilines is 1. The number of hydrogen-bond donors (Lipinski definition) is 1. The Bertz CT molecular complexity index is 1170. The van der Waals surface area contributed by atoms with Crippen molar-refractivity contribution in [1.29, 1.82) is 0 Å². The van der Waals surface area contributed by atoms with Gasteiger partial charge in [-0.1, -0.05) is 12.1 Å². The zero-order valence-electron chi connectivity index (χ0n) is 18.4. The highest BCUT2D eigenvalue weighted by atomic mass is 32.1. The minimum absolute atomic E-state index is 0.0801. The first-order valence-electron chi connectivity index (χ1n) is 10.8. The number of pyridine rings is 1. The Morgan fingerprint density at radius 1 is 1.15 bits per heavy atom. The maximum absolute atomic E-state index is 12.7. The van der Waals surface area contributed by atoms with Gasteiger partial charge in [0.05, 0.1) is 17.7 Å². The van der Waals surface area contributed by atoms with Crippen molar-refractivity contribution in [2.24, 2.45) is 5.92 Å². The predicted molar refractivity (Wildman–Crippen MR) is 123 cm³/mol. The SMILES string of the molecule is Cc1ccnc(NC(=O)C2CCN(C(=O)Cc3csc(-c4ccc(C(F)(F)F)cc4)n3)CC2)c1. The van der Waals surface area contributed by atoms with Crippen LogP contribution >= 0.6 is 11.3 Å². The average molecular weight is 489 g/mol. The van der Waals surface area contributed by atoms with Gasteiger partial charge in [0.15, 0.2) is 0 Å². The Morgan fingerprint density at radius 2 is 1.85 bits per heavy atom. The molecule has 0 spiro atoms. The summed E-state index contributed by atoms with van der Waals surface area (Å²) in [6.07, 6.45) is -1.49. The van der Waals surface area contributed by atoms with Crippen LogP contribution in [0.15, 0.2) is 48.0 Å². The van der Waals surface area contributed by atoms with Gasteiger partial charge < -0.3 is 10.2 Å². The summed E-state index contributed by atoms with van der Waals surface area (Å²) in [5.74, 6) is 0.169. The van der Waals surface area contributed by atoms with E-state index in [4.69, 9.17) is 0 Å². The van der Waals surface area contributed by atoms with Gasteiger partial charge >= 0.3 is 6.18 Å². The van der Waals surface area contributed by atoms with Crippen LogP contribution in [0.1, 0.15) is 29.7 Å². The second kappa shape index (κ2) is 9.92. The smallest absolute Gasteiger partial charge is 0.342 e. The van der Waals surface area contributed by atoms with Crippen LogP contribution in [0.3, 0.4) is 0 Å². The van der Waals surface area contributed by atoms with Crippen LogP contribution < -0.4 is 5.32 Å². The van der Waals surface area contributed by atoms with Gasteiger partial charge in [0.25, 0.3) is 0 Å². The number of hydrogen-bond acceptors (Lipinski definition) is 5. The third-order valence-electron chi connectivity index (χ3n) is 5.73. The number of carbonyl (C=O) groups excluding carboxylic acids is 2. The number of rotatable bonds is 5. The molecule has 0 aliphatic carbocycles. The molecule has 3 heterocycles. The van der Waals surface area contributed by atoms with E-state index in [0.717, 1.165) is 17.7 Å². The number of amides is 2. The molecule has 1 N–H and O–H groups in total. The van der Waals surface area contributed by atoms with E-state index in [2.05, 4.69) is 15.3 Å². The number of nitrogens with zero attached hydrogens (tertiary/aromatic N) is 3. The van der Waals surface area contributed by atoms with Crippen molar-refractivity contribution < 1.29 is 22.8 Å². The van der Waals surface area contributed by atoms with Gasteiger partial charge in [-0.15, -0.1) is 11.3 Å². The highest BCUT2D eigenvalue weighted by molar-refractivity contribution is 7.13. The van der Waals surface area contributed by atoms with Crippen LogP contribution in [0, 0.1) is 12.8 Å². The molecule has 0 unspecified atom stereocenters. The molecule has 1 fully saturated rings. The molecule has 178 valence electrons. The molecule has 1 saturated heterocycles. The van der Waals surface area contributed by atoms with Crippen molar-refractivity contribution >= 4 is 29.0 Å². The second-order valence-corrected chi connectivity index (χ2v) is 9.12. The van der Waals surface area contributed by atoms with E-state index in [9.17, 15) is 22.8 Å². The molecule has 0 bridgehead atoms. The summed E-state index contributed by atoms with van der Waals surface area (Å²) in [4.78, 5) is 35.6. The first-order chi connectivity index (χ1) is 16.2. The van der Waals surface area contributed by atoms with E-state index in [1.807, 2.05) is 19.1 Å². The zero-order chi connectivity index (χ0) is 24.3. The molecule has 10 heteroatoms. The number of nitrogens with one attached hydrogen (secondary N) is 1. The molecule has 1 aliphatic heterocycles. The minimum atomic E-state index is -4.38. The zero-order valence-corrected chi connectivity index (χ0v) is 19.2. The largest absolute Gasteiger partial charge is 0.416 e. The fraction of sp³-hybridized carbons (Fsp3) is 0.333. The Hall–Kier alpha value is -3.27. The van der Waals surface area contributed by atoms with Gasteiger partial charge in [-0.05, 0) is 49.6 Å². The summed E-state index contributed by atoms with van der Waals surface area (Å²) < 4.78 is 38.2. The van der Waals surface area contributed by atoms with Crippen LogP contribution in [0.5, 0.6) is 0 Å². The van der Waals surface area contributed by atoms with E-state index in [0.29, 0.717) is 48.0 Å². The van der Waals surface area contributed by atoms with E-state index in [-0.39, 0.29) is 24.2 Å². The van der Waals surface area contributed by atoms with Crippen LogP contribution in [0.4, 0.5) is 19.0 Å². The molecule has 3 aromatic rings. The average Bonchev–Trinajstić information content (AvgIpc) is 3.27. The highest BCUT2D eigenvalue weighted by Crippen LogP contribution is 2.32. The highest BCUT2D eigenvalue weighted by Gasteiger charge is 2.30. The third-order valence-corrected chi connectivity index (χ3v) is 6.67. The summed E-state index contributed by atoms with van der Waals surface area (Å²) in [5.41, 5.74) is 1.45. The number of likely N-dealkylation sites (tertiary alicyclic amines) is 1. The number of alkyl halides is 3. The number of piperidine rings is 1. The molecule has 1 aliphatic rings. The Kier molecular flexibility index (Phi) is 6.97. The standard InChI is InChI=1S/C24H23F3N4O2S/c1-15-6-9-28-20(12-15)30-22(33)16-7-10-31(11-8-16)21(32)13-19-14-34-23(29-19)17-2-4-18(5-3-17)24(25,26)27/h2-6,9,12,14,16H,7-8,10-11,13H2,1H3,(H,28,30,33). The fourth-order valence-corrected chi connectivity index (χ4v) is 4.64. The number of benzene rings is 1. The molecule has 0 radical (unpaired) electrons. The molecule has 34 heavy (non-hydrogen) atoms. The predicted octanol–water partition coefficient (Wildman–Crippen LogP) is 4.95. The lowest BCUT2D eigenvalue weighted by Crippen LogP contribution is -2.42. The first kappa shape index (κ1) is 23.9. The molecule has 6 nitrogen and oxygen atoms in total. The van der Waals surface area contributed by atoms with Crippen LogP contribution in [0.25, 0.3) is 10.6 Å². The van der Waals surface area contributed by atoms with E-state index < -0.39 is 11.7 Å². The van der Waals surface area contributed by atoms with Gasteiger partial charge in [0.2, 0.25) is 11.8 Å². The van der Waals surface area contributed by atoms with Gasteiger partial charge in [-0.2, -0.15) is 13.2 Å². The molecular formula is C24H23F3N4O2S. The topological polar surface area (TPSA) is 75.2 Å². The normalized spacial score (nSPS) is 14.8. The number of aryl methyl sites for hydroxylation is 1. The van der Waals surface area contributed by atoms with Gasteiger partial charge in [0, 0.05) is 36.1 Å². The van der Waals surface area contributed by atoms with E-state index in [1.54, 1.807) is 16.5 Å². The van der Waals surface area contributed by atoms with Gasteiger partial charge in [-0.3, -0.25) is 9.59 Å². The lowest BCUT2D eigenvalue weighted by Gasteiger charge is -2.31. The maximum atomic E-state index is 12.7. The van der Waals surface area contributed by atoms with Crippen LogP contribution in [0.2, 0.25) is 0 Å². The number of halogens is 3. The summed E-state index contributed by atoms with van der Waals surface area (Å²) in [5, 5.41) is 5.16. The van der Waals surface area contributed by atoms with Crippen molar-refractivity contribution in [2.45, 2.75) is 32.4 Å². The summed E-state index contributed by atoms with van der Waals surface area (Å²) in [7, 11) is 0. The molecular weight excluding hydrogens is 465 g/mol. The summed E-state index contributed by atoms with van der Waals surface area (Å²) in [6.45, 7) is 2.89. The Labute approximate surface area is 198 Å². The minimum Gasteiger partial charge on any atom is -0.342 e. The number of thiazole rings is 1. The van der Waals surface area contributed by atoms with Gasteiger partial charge in [0.1, 0.15) is 10.8 Å². The summed E-state index contributed by atoms with van der Waals surface area (Å²) in [6, 6.07) is 8.48. The molecule has 0 saturated carbocycles. The van der Waals surface area contributed by atoms with Crippen LogP contribution in [-0.2, 0) is 22.2 Å². The molecule has 4 rings (SSSR count). The number of carbonyl (C=O) groups is 2. The molecule has 0 atom stereocenters. The Morgan fingerprint density at radius 3 is 2.50 bits per heavy atom. The van der Waals surface area contributed by atoms with Crippen molar-refractivity contribution in [2.75, 3.05) is 18.4 Å². The van der Waals surface area contributed by atoms with Crippen molar-refractivity contribution in [1.82, 2.24) is 14.9 Å². The fourth-order valence-electron chi connectivity index (χ4n) is 3.81. The monoisotopic (exact) mass is 488 g/mol. The summed E-state index contributed by atoms with van der Waals surface area (Å²) >= 11 is 1.29. The van der Waals surface area contributed by atoms with Crippen molar-refractivity contribution in [3.8, 4) is 10.6 Å². The molecule has 1 aromatic carbocycles. The third kappa shape index (κ3) is 5.80. The van der Waals surface area contributed by atoms with Crippen LogP contribution in [-0.4, -0.2) is 39.8 Å². The molecule has 2 aromatic heterocycles. The number of aromatic nitrogens is 2. The lowest BCUT2D eigenvalue weighted by molar-refractivity contribution is -0.137.